The van der Waals surface area contributed by atoms with Gasteiger partial charge in [-0.2, -0.15) is 0 Å². The first-order valence-electron chi connectivity index (χ1n) is 12.9. The van der Waals surface area contributed by atoms with E-state index >= 15 is 0 Å². The standard InChI is InChI=1S/C32H35N3O4/c1-18-14-24(20(3)35-27-11-9-8-10-22(27)31(37)39-32(4,5)6)30-25(15-18)28(36)17-29(38-30)21-12-13-26(34-7)23(16-21)19(2)33/h8-17,20,33-35H,1-7H3. The molecule has 1 heterocycles. The zero-order chi connectivity index (χ0) is 28.5. The highest BCUT2D eigenvalue weighted by molar-refractivity contribution is 6.02. The Morgan fingerprint density at radius 1 is 1.00 bits per heavy atom. The van der Waals surface area contributed by atoms with E-state index in [4.69, 9.17) is 14.6 Å². The van der Waals surface area contributed by atoms with E-state index in [9.17, 15) is 9.59 Å². The topological polar surface area (TPSA) is 104 Å². The molecule has 0 amide bonds. The van der Waals surface area contributed by atoms with E-state index in [1.165, 1.54) is 6.07 Å². The zero-order valence-corrected chi connectivity index (χ0v) is 23.5. The second-order valence-corrected chi connectivity index (χ2v) is 10.8. The Kier molecular flexibility index (Phi) is 7.63. The molecule has 0 saturated heterocycles. The van der Waals surface area contributed by atoms with Crippen LogP contribution in [-0.4, -0.2) is 24.3 Å². The summed E-state index contributed by atoms with van der Waals surface area (Å²) >= 11 is 0. The molecule has 1 unspecified atom stereocenters. The highest BCUT2D eigenvalue weighted by atomic mass is 16.6. The first-order chi connectivity index (χ1) is 18.4. The van der Waals surface area contributed by atoms with Gasteiger partial charge in [0.25, 0.3) is 0 Å². The van der Waals surface area contributed by atoms with Gasteiger partial charge in [0.15, 0.2) is 5.43 Å². The molecule has 0 fully saturated rings. The Labute approximate surface area is 228 Å². The molecule has 0 bridgehead atoms. The average Bonchev–Trinajstić information content (AvgIpc) is 2.87. The highest BCUT2D eigenvalue weighted by Crippen LogP contribution is 2.32. The van der Waals surface area contributed by atoms with Crippen LogP contribution in [0.2, 0.25) is 0 Å². The second kappa shape index (κ2) is 10.8. The fourth-order valence-electron chi connectivity index (χ4n) is 4.56. The minimum atomic E-state index is -0.621. The lowest BCUT2D eigenvalue weighted by Gasteiger charge is -2.23. The molecule has 3 N–H and O–H groups in total. The fraction of sp³-hybridized carbons (Fsp3) is 0.281. The number of hydrogen-bond acceptors (Lipinski definition) is 7. The second-order valence-electron chi connectivity index (χ2n) is 10.8. The molecule has 1 aromatic heterocycles. The van der Waals surface area contributed by atoms with Gasteiger partial charge in [-0.1, -0.05) is 18.2 Å². The molecule has 0 aliphatic carbocycles. The molecule has 7 nitrogen and oxygen atoms in total. The van der Waals surface area contributed by atoms with Gasteiger partial charge in [-0.05, 0) is 83.5 Å². The smallest absolute Gasteiger partial charge is 0.340 e. The van der Waals surface area contributed by atoms with Gasteiger partial charge in [0.05, 0.1) is 17.0 Å². The number of fused-ring (bicyclic) bond motifs is 1. The van der Waals surface area contributed by atoms with Gasteiger partial charge in [-0.25, -0.2) is 4.79 Å². The van der Waals surface area contributed by atoms with Crippen molar-refractivity contribution in [2.45, 2.75) is 53.2 Å². The maximum Gasteiger partial charge on any atom is 0.340 e. The van der Waals surface area contributed by atoms with Gasteiger partial charge < -0.3 is 25.2 Å². The van der Waals surface area contributed by atoms with Gasteiger partial charge in [-0.15, -0.1) is 0 Å². The minimum Gasteiger partial charge on any atom is -0.456 e. The summed E-state index contributed by atoms with van der Waals surface area (Å²) in [5, 5.41) is 15.2. The molecule has 0 spiro atoms. The Morgan fingerprint density at radius 3 is 2.38 bits per heavy atom. The quantitative estimate of drug-likeness (QED) is 0.172. The monoisotopic (exact) mass is 525 g/mol. The van der Waals surface area contributed by atoms with Gasteiger partial charge in [0.2, 0.25) is 0 Å². The number of ether oxygens (including phenoxy) is 1. The molecule has 3 aromatic carbocycles. The van der Waals surface area contributed by atoms with Crippen molar-refractivity contribution in [2.75, 3.05) is 17.7 Å². The summed E-state index contributed by atoms with van der Waals surface area (Å²) in [6.07, 6.45) is 0. The number of carbonyl (C=O) groups excluding carboxylic acids is 1. The number of aryl methyl sites for hydroxylation is 1. The van der Waals surface area contributed by atoms with E-state index in [1.54, 1.807) is 19.1 Å². The first-order valence-corrected chi connectivity index (χ1v) is 12.9. The first kappa shape index (κ1) is 27.6. The predicted molar refractivity (Wildman–Crippen MR) is 158 cm³/mol. The van der Waals surface area contributed by atoms with Crippen molar-refractivity contribution in [1.82, 2.24) is 0 Å². The molecule has 0 aliphatic rings. The molecule has 4 aromatic rings. The zero-order valence-electron chi connectivity index (χ0n) is 23.5. The van der Waals surface area contributed by atoms with Crippen LogP contribution < -0.4 is 16.1 Å². The summed E-state index contributed by atoms with van der Waals surface area (Å²) in [4.78, 5) is 26.2. The molecule has 1 atom stereocenters. The molecule has 4 rings (SSSR count). The lowest BCUT2D eigenvalue weighted by molar-refractivity contribution is 0.00706. The Bertz CT molecular complexity index is 1630. The van der Waals surface area contributed by atoms with Crippen molar-refractivity contribution in [3.05, 3.63) is 93.1 Å². The van der Waals surface area contributed by atoms with Crippen LogP contribution in [0.4, 0.5) is 11.4 Å². The normalized spacial score (nSPS) is 12.2. The van der Waals surface area contributed by atoms with Gasteiger partial charge in [0, 0.05) is 46.9 Å². The average molecular weight is 526 g/mol. The van der Waals surface area contributed by atoms with Crippen molar-refractivity contribution >= 4 is 34.0 Å². The molecule has 0 saturated carbocycles. The lowest BCUT2D eigenvalue weighted by Crippen LogP contribution is -2.24. The van der Waals surface area contributed by atoms with Crippen LogP contribution in [0.3, 0.4) is 0 Å². The maximum absolute atomic E-state index is 13.3. The van der Waals surface area contributed by atoms with E-state index < -0.39 is 11.6 Å². The molecule has 7 heteroatoms. The fourth-order valence-corrected chi connectivity index (χ4v) is 4.56. The minimum absolute atomic E-state index is 0.150. The summed E-state index contributed by atoms with van der Waals surface area (Å²) in [5.74, 6) is 0.00661. The van der Waals surface area contributed by atoms with Crippen LogP contribution >= 0.6 is 0 Å². The van der Waals surface area contributed by atoms with Crippen LogP contribution in [0, 0.1) is 12.3 Å². The summed E-state index contributed by atoms with van der Waals surface area (Å²) in [6, 6.07) is 17.8. The van der Waals surface area contributed by atoms with Gasteiger partial charge >= 0.3 is 5.97 Å². The highest BCUT2D eigenvalue weighted by Gasteiger charge is 2.22. The van der Waals surface area contributed by atoms with E-state index in [-0.39, 0.29) is 11.5 Å². The SMILES string of the molecule is CNc1ccc(-c2cc(=O)c3cc(C)cc(C(C)Nc4ccccc4C(=O)OC(C)(C)C)c3o2)cc1C(C)=N. The number of nitrogens with one attached hydrogen (secondary N) is 3. The molecule has 39 heavy (non-hydrogen) atoms. The van der Waals surface area contributed by atoms with Crippen molar-refractivity contribution < 1.29 is 13.9 Å². The number of carbonyl (C=O) groups is 1. The van der Waals surface area contributed by atoms with Crippen molar-refractivity contribution in [2.24, 2.45) is 0 Å². The number of benzene rings is 3. The van der Waals surface area contributed by atoms with E-state index in [0.717, 1.165) is 22.4 Å². The van der Waals surface area contributed by atoms with Crippen LogP contribution in [0.1, 0.15) is 67.7 Å². The van der Waals surface area contributed by atoms with Crippen LogP contribution in [-0.2, 0) is 4.74 Å². The molecule has 0 radical (unpaired) electrons. The van der Waals surface area contributed by atoms with Crippen LogP contribution in [0.25, 0.3) is 22.3 Å². The third-order valence-electron chi connectivity index (χ3n) is 6.36. The lowest BCUT2D eigenvalue weighted by atomic mass is 9.99. The predicted octanol–water partition coefficient (Wildman–Crippen LogP) is 7.33. The number of para-hydroxylation sites is 1. The van der Waals surface area contributed by atoms with Crippen molar-refractivity contribution in [1.29, 1.82) is 5.41 Å². The Hall–Kier alpha value is -4.39. The summed E-state index contributed by atoms with van der Waals surface area (Å²) in [7, 11) is 1.81. The molecular formula is C32H35N3O4. The summed E-state index contributed by atoms with van der Waals surface area (Å²) < 4.78 is 12.0. The Balaban J connectivity index is 1.80. The van der Waals surface area contributed by atoms with Gasteiger partial charge in [0.1, 0.15) is 16.9 Å². The largest absolute Gasteiger partial charge is 0.456 e. The van der Waals surface area contributed by atoms with E-state index in [0.29, 0.717) is 39.3 Å². The third-order valence-corrected chi connectivity index (χ3v) is 6.36. The third kappa shape index (κ3) is 6.03. The Morgan fingerprint density at radius 2 is 1.72 bits per heavy atom. The molecule has 0 aliphatic heterocycles. The number of hydrogen-bond donors (Lipinski definition) is 3. The number of anilines is 2. The van der Waals surface area contributed by atoms with Gasteiger partial charge in [-0.3, -0.25) is 4.79 Å². The van der Waals surface area contributed by atoms with Crippen molar-refractivity contribution in [3.8, 4) is 11.3 Å². The van der Waals surface area contributed by atoms with E-state index in [2.05, 4.69) is 10.6 Å². The summed E-state index contributed by atoms with van der Waals surface area (Å²) in [6.45, 7) is 11.1. The van der Waals surface area contributed by atoms with E-state index in [1.807, 2.05) is 84.1 Å². The summed E-state index contributed by atoms with van der Waals surface area (Å²) in [5.41, 5.74) is 5.14. The maximum atomic E-state index is 13.3. The number of rotatable bonds is 7. The molecular weight excluding hydrogens is 490 g/mol. The van der Waals surface area contributed by atoms with Crippen LogP contribution in [0.5, 0.6) is 0 Å². The molecule has 202 valence electrons. The number of esters is 1. The van der Waals surface area contributed by atoms with Crippen LogP contribution in [0.15, 0.2) is 69.9 Å². The van der Waals surface area contributed by atoms with Crippen molar-refractivity contribution in [3.63, 3.8) is 0 Å².